The number of hydrogen-bond donors (Lipinski definition) is 2. The van der Waals surface area contributed by atoms with Crippen molar-refractivity contribution in [3.63, 3.8) is 0 Å². The number of anilines is 1. The number of nitrogens with one attached hydrogen (secondary N) is 1. The maximum atomic E-state index is 12.6. The van der Waals surface area contributed by atoms with E-state index < -0.39 is 0 Å². The van der Waals surface area contributed by atoms with Crippen molar-refractivity contribution in [1.82, 2.24) is 25.1 Å². The molecule has 1 amide bonds. The topological polar surface area (TPSA) is 108 Å². The van der Waals surface area contributed by atoms with Crippen LogP contribution < -0.4 is 15.8 Å². The molecule has 34 heavy (non-hydrogen) atoms. The van der Waals surface area contributed by atoms with Crippen LogP contribution in [0.2, 0.25) is 0 Å². The van der Waals surface area contributed by atoms with Crippen molar-refractivity contribution in [2.24, 2.45) is 0 Å². The molecule has 1 saturated carbocycles. The molecule has 0 spiro atoms. The number of nitrogens with zero attached hydrogens (tertiary/aromatic N) is 4. The number of nitrogens with two attached hydrogens (primary N) is 1. The molecule has 0 radical (unpaired) electrons. The van der Waals surface area contributed by atoms with Gasteiger partial charge in [-0.2, -0.15) is 5.10 Å². The summed E-state index contributed by atoms with van der Waals surface area (Å²) in [6, 6.07) is 13.7. The maximum Gasteiger partial charge on any atom is 0.251 e. The molecular weight excluding hydrogens is 428 g/mol. The van der Waals surface area contributed by atoms with Gasteiger partial charge in [0.1, 0.15) is 23.6 Å². The highest BCUT2D eigenvalue weighted by Gasteiger charge is 2.25. The Morgan fingerprint density at radius 3 is 2.74 bits per heavy atom. The highest BCUT2D eigenvalue weighted by Crippen LogP contribution is 2.39. The number of carbonyl (C=O) groups is 1. The quantitative estimate of drug-likeness (QED) is 0.444. The van der Waals surface area contributed by atoms with Crippen molar-refractivity contribution in [1.29, 1.82) is 0 Å². The predicted molar refractivity (Wildman–Crippen MR) is 132 cm³/mol. The van der Waals surface area contributed by atoms with Crippen LogP contribution in [0.3, 0.4) is 0 Å². The smallest absolute Gasteiger partial charge is 0.251 e. The van der Waals surface area contributed by atoms with Crippen molar-refractivity contribution in [2.45, 2.75) is 45.2 Å². The first-order valence-corrected chi connectivity index (χ1v) is 11.6. The van der Waals surface area contributed by atoms with Gasteiger partial charge in [0, 0.05) is 17.7 Å². The lowest BCUT2D eigenvalue weighted by Crippen LogP contribution is -2.23. The number of benzene rings is 2. The summed E-state index contributed by atoms with van der Waals surface area (Å²) in [6.07, 6.45) is 6.03. The number of aromatic nitrogens is 4. The normalized spacial score (nSPS) is 13.9. The number of aryl methyl sites for hydroxylation is 1. The van der Waals surface area contributed by atoms with E-state index in [9.17, 15) is 4.79 Å². The summed E-state index contributed by atoms with van der Waals surface area (Å²) in [7, 11) is 1.63. The third-order valence-electron chi connectivity index (χ3n) is 6.55. The van der Waals surface area contributed by atoms with Crippen molar-refractivity contribution in [3.8, 4) is 17.0 Å². The number of nitrogen functional groups attached to an aromatic ring is 1. The molecule has 0 unspecified atom stereocenters. The molecule has 8 heteroatoms. The Bertz CT molecular complexity index is 1360. The highest BCUT2D eigenvalue weighted by molar-refractivity contribution is 5.99. The van der Waals surface area contributed by atoms with Crippen LogP contribution in [0.1, 0.15) is 53.2 Å². The van der Waals surface area contributed by atoms with Gasteiger partial charge in [-0.25, -0.2) is 14.6 Å². The number of amides is 1. The van der Waals surface area contributed by atoms with Gasteiger partial charge in [-0.1, -0.05) is 37.1 Å². The molecule has 1 aliphatic rings. The molecule has 1 aliphatic carbocycles. The molecule has 4 aromatic rings. The van der Waals surface area contributed by atoms with Crippen LogP contribution in [0.5, 0.6) is 5.75 Å². The molecule has 0 aliphatic heterocycles. The fourth-order valence-electron chi connectivity index (χ4n) is 4.73. The van der Waals surface area contributed by atoms with Gasteiger partial charge in [0.25, 0.3) is 5.91 Å². The Kier molecular flexibility index (Phi) is 5.88. The second kappa shape index (κ2) is 9.13. The number of ether oxygens (including phenoxy) is 1. The minimum absolute atomic E-state index is 0.104. The average molecular weight is 457 g/mol. The van der Waals surface area contributed by atoms with E-state index >= 15 is 0 Å². The number of fused-ring (bicyclic) bond motifs is 1. The zero-order chi connectivity index (χ0) is 23.7. The summed E-state index contributed by atoms with van der Waals surface area (Å²) in [4.78, 5) is 21.3. The zero-order valence-electron chi connectivity index (χ0n) is 19.4. The van der Waals surface area contributed by atoms with Crippen LogP contribution in [-0.2, 0) is 6.54 Å². The minimum atomic E-state index is -0.104. The Balaban J connectivity index is 1.47. The lowest BCUT2D eigenvalue weighted by molar-refractivity contribution is 0.0950. The fraction of sp³-hybridized carbons (Fsp3) is 0.308. The Labute approximate surface area is 198 Å². The number of methoxy groups -OCH3 is 1. The van der Waals surface area contributed by atoms with E-state index in [1.807, 2.05) is 54.1 Å². The van der Waals surface area contributed by atoms with Gasteiger partial charge < -0.3 is 15.8 Å². The molecule has 8 nitrogen and oxygen atoms in total. The van der Waals surface area contributed by atoms with Crippen molar-refractivity contribution in [2.75, 3.05) is 12.8 Å². The van der Waals surface area contributed by atoms with Crippen LogP contribution in [0.4, 0.5) is 5.82 Å². The maximum absolute atomic E-state index is 12.6. The number of hydrogen-bond acceptors (Lipinski definition) is 6. The SMILES string of the molecule is COc1cc(CNC(=O)c2ccccc2C)ccc1-c1nn(C2CCCC2)c2ncnc(N)c12. The van der Waals surface area contributed by atoms with Crippen LogP contribution in [-0.4, -0.2) is 32.8 Å². The average Bonchev–Trinajstić information content (AvgIpc) is 3.51. The molecule has 1 fully saturated rings. The largest absolute Gasteiger partial charge is 0.496 e. The molecule has 0 saturated heterocycles. The van der Waals surface area contributed by atoms with Gasteiger partial charge in [0.15, 0.2) is 5.65 Å². The number of rotatable bonds is 6. The third kappa shape index (κ3) is 3.96. The third-order valence-corrected chi connectivity index (χ3v) is 6.55. The summed E-state index contributed by atoms with van der Waals surface area (Å²) in [5.74, 6) is 0.956. The Morgan fingerprint density at radius 2 is 1.97 bits per heavy atom. The molecule has 5 rings (SSSR count). The summed E-state index contributed by atoms with van der Waals surface area (Å²) in [5, 5.41) is 8.68. The minimum Gasteiger partial charge on any atom is -0.496 e. The second-order valence-corrected chi connectivity index (χ2v) is 8.72. The van der Waals surface area contributed by atoms with Gasteiger partial charge in [-0.15, -0.1) is 0 Å². The molecule has 2 heterocycles. The van der Waals surface area contributed by atoms with Crippen molar-refractivity contribution >= 4 is 22.8 Å². The van der Waals surface area contributed by atoms with Crippen molar-refractivity contribution < 1.29 is 9.53 Å². The first-order chi connectivity index (χ1) is 16.6. The summed E-state index contributed by atoms with van der Waals surface area (Å²) >= 11 is 0. The predicted octanol–water partition coefficient (Wildman–Crippen LogP) is 4.44. The van der Waals surface area contributed by atoms with E-state index in [1.165, 1.54) is 19.2 Å². The molecule has 2 aromatic heterocycles. The summed E-state index contributed by atoms with van der Waals surface area (Å²) in [6.45, 7) is 2.31. The van der Waals surface area contributed by atoms with E-state index in [0.717, 1.165) is 40.6 Å². The second-order valence-electron chi connectivity index (χ2n) is 8.72. The fourth-order valence-corrected chi connectivity index (χ4v) is 4.73. The van der Waals surface area contributed by atoms with Gasteiger partial charge in [0.2, 0.25) is 0 Å². The van der Waals surface area contributed by atoms with Gasteiger partial charge in [-0.3, -0.25) is 4.79 Å². The first-order valence-electron chi connectivity index (χ1n) is 11.6. The molecule has 0 bridgehead atoms. The zero-order valence-corrected chi connectivity index (χ0v) is 19.4. The van der Waals surface area contributed by atoms with E-state index in [2.05, 4.69) is 15.3 Å². The standard InChI is InChI=1S/C26H28N6O2/c1-16-7-3-6-10-19(16)26(33)28-14-17-11-12-20(21(13-17)34-2)23-22-24(27)29-15-30-25(22)32(31-23)18-8-4-5-9-18/h3,6-7,10-13,15,18H,4-5,8-9,14H2,1-2H3,(H,28,33)(H2,27,29,30). The lowest BCUT2D eigenvalue weighted by Gasteiger charge is -2.12. The monoisotopic (exact) mass is 456 g/mol. The summed E-state index contributed by atoms with van der Waals surface area (Å²) < 4.78 is 7.74. The molecule has 3 N–H and O–H groups in total. The van der Waals surface area contributed by atoms with Crippen LogP contribution in [0, 0.1) is 6.92 Å². The van der Waals surface area contributed by atoms with E-state index in [4.69, 9.17) is 15.6 Å². The molecule has 0 atom stereocenters. The highest BCUT2D eigenvalue weighted by atomic mass is 16.5. The molecule has 2 aromatic carbocycles. The van der Waals surface area contributed by atoms with E-state index in [0.29, 0.717) is 35.4 Å². The molecular formula is C26H28N6O2. The van der Waals surface area contributed by atoms with Crippen LogP contribution in [0.15, 0.2) is 48.8 Å². The Hall–Kier alpha value is -3.94. The van der Waals surface area contributed by atoms with Gasteiger partial charge in [0.05, 0.1) is 18.5 Å². The first kappa shape index (κ1) is 21.9. The van der Waals surface area contributed by atoms with Gasteiger partial charge >= 0.3 is 0 Å². The van der Waals surface area contributed by atoms with Gasteiger partial charge in [-0.05, 0) is 49.1 Å². The molecule has 174 valence electrons. The van der Waals surface area contributed by atoms with E-state index in [-0.39, 0.29) is 5.91 Å². The van der Waals surface area contributed by atoms with Crippen LogP contribution in [0.25, 0.3) is 22.3 Å². The number of carbonyl (C=O) groups excluding carboxylic acids is 1. The van der Waals surface area contributed by atoms with E-state index in [1.54, 1.807) is 7.11 Å². The van der Waals surface area contributed by atoms with Crippen LogP contribution >= 0.6 is 0 Å². The lowest BCUT2D eigenvalue weighted by atomic mass is 10.0. The summed E-state index contributed by atoms with van der Waals surface area (Å²) in [5.41, 5.74) is 11.1. The van der Waals surface area contributed by atoms with Crippen molar-refractivity contribution in [3.05, 3.63) is 65.5 Å². The Morgan fingerprint density at radius 1 is 1.18 bits per heavy atom.